The smallest absolute Gasteiger partial charge is 0.137 e. The highest BCUT2D eigenvalue weighted by Gasteiger charge is 2.10. The normalized spacial score (nSPS) is 10.8. The van der Waals surface area contributed by atoms with E-state index in [4.69, 9.17) is 0 Å². The standard InChI is InChI=1S/C12H14FN3S/c1-14-6-9-4-3-5-11(13)12(9)17-10-7-15-16(2)8-10/h3-5,7-8,14H,6H2,1-2H3. The van der Waals surface area contributed by atoms with Crippen LogP contribution in [0.5, 0.6) is 0 Å². The van der Waals surface area contributed by atoms with Gasteiger partial charge in [-0.05, 0) is 18.7 Å². The van der Waals surface area contributed by atoms with Gasteiger partial charge in [0.1, 0.15) is 5.82 Å². The summed E-state index contributed by atoms with van der Waals surface area (Å²) in [6.07, 6.45) is 3.61. The summed E-state index contributed by atoms with van der Waals surface area (Å²) in [5.41, 5.74) is 0.960. The Morgan fingerprint density at radius 1 is 1.47 bits per heavy atom. The summed E-state index contributed by atoms with van der Waals surface area (Å²) in [4.78, 5) is 1.60. The molecule has 0 saturated carbocycles. The van der Waals surface area contributed by atoms with Crippen LogP contribution < -0.4 is 5.32 Å². The Bertz CT molecular complexity index is 510. The predicted octanol–water partition coefficient (Wildman–Crippen LogP) is 2.43. The second kappa shape index (κ2) is 5.33. The van der Waals surface area contributed by atoms with Crippen LogP contribution in [0.25, 0.3) is 0 Å². The number of hydrogen-bond donors (Lipinski definition) is 1. The van der Waals surface area contributed by atoms with Gasteiger partial charge in [0.05, 0.1) is 16.0 Å². The average Bonchev–Trinajstić information content (AvgIpc) is 2.70. The molecule has 0 spiro atoms. The van der Waals surface area contributed by atoms with Crippen LogP contribution >= 0.6 is 11.8 Å². The third-order valence-corrected chi connectivity index (χ3v) is 3.42. The number of aromatic nitrogens is 2. The maximum Gasteiger partial charge on any atom is 0.137 e. The monoisotopic (exact) mass is 251 g/mol. The summed E-state index contributed by atoms with van der Waals surface area (Å²) in [5.74, 6) is -0.188. The zero-order valence-corrected chi connectivity index (χ0v) is 10.6. The first kappa shape index (κ1) is 12.1. The van der Waals surface area contributed by atoms with Gasteiger partial charge in [0, 0.05) is 19.8 Å². The lowest BCUT2D eigenvalue weighted by Gasteiger charge is -2.08. The molecule has 0 aliphatic carbocycles. The lowest BCUT2D eigenvalue weighted by atomic mass is 10.2. The number of nitrogens with one attached hydrogen (secondary N) is 1. The lowest BCUT2D eigenvalue weighted by Crippen LogP contribution is -2.06. The molecule has 1 heterocycles. The lowest BCUT2D eigenvalue weighted by molar-refractivity contribution is 0.594. The topological polar surface area (TPSA) is 29.9 Å². The Kier molecular flexibility index (Phi) is 3.81. The average molecular weight is 251 g/mol. The SMILES string of the molecule is CNCc1cccc(F)c1Sc1cnn(C)c1. The number of hydrogen-bond acceptors (Lipinski definition) is 3. The molecule has 0 unspecified atom stereocenters. The van der Waals surface area contributed by atoms with Gasteiger partial charge in [0.2, 0.25) is 0 Å². The van der Waals surface area contributed by atoms with E-state index in [-0.39, 0.29) is 5.82 Å². The van der Waals surface area contributed by atoms with Gasteiger partial charge >= 0.3 is 0 Å². The fourth-order valence-corrected chi connectivity index (χ4v) is 2.54. The van der Waals surface area contributed by atoms with Crippen molar-refractivity contribution in [2.75, 3.05) is 7.05 Å². The van der Waals surface area contributed by atoms with Crippen LogP contribution in [0, 0.1) is 5.82 Å². The van der Waals surface area contributed by atoms with Crippen molar-refractivity contribution in [2.45, 2.75) is 16.3 Å². The van der Waals surface area contributed by atoms with Gasteiger partial charge in [0.25, 0.3) is 0 Å². The first-order valence-corrected chi connectivity index (χ1v) is 6.11. The van der Waals surface area contributed by atoms with Crippen LogP contribution in [0.15, 0.2) is 40.4 Å². The molecular weight excluding hydrogens is 237 g/mol. The van der Waals surface area contributed by atoms with Gasteiger partial charge in [-0.25, -0.2) is 4.39 Å². The number of aryl methyl sites for hydroxylation is 1. The van der Waals surface area contributed by atoms with Crippen molar-refractivity contribution < 1.29 is 4.39 Å². The van der Waals surface area contributed by atoms with E-state index in [1.54, 1.807) is 16.9 Å². The fraction of sp³-hybridized carbons (Fsp3) is 0.250. The molecule has 90 valence electrons. The third kappa shape index (κ3) is 2.87. The second-order valence-electron chi connectivity index (χ2n) is 3.71. The van der Waals surface area contributed by atoms with E-state index < -0.39 is 0 Å². The number of nitrogens with zero attached hydrogens (tertiary/aromatic N) is 2. The van der Waals surface area contributed by atoms with E-state index >= 15 is 0 Å². The molecule has 0 aliphatic heterocycles. The van der Waals surface area contributed by atoms with E-state index in [9.17, 15) is 4.39 Å². The van der Waals surface area contributed by atoms with Crippen molar-refractivity contribution in [3.05, 3.63) is 42.0 Å². The Morgan fingerprint density at radius 2 is 2.29 bits per heavy atom. The molecule has 0 amide bonds. The number of benzene rings is 1. The predicted molar refractivity (Wildman–Crippen MR) is 66.5 cm³/mol. The van der Waals surface area contributed by atoms with Gasteiger partial charge < -0.3 is 5.32 Å². The molecule has 0 aliphatic rings. The second-order valence-corrected chi connectivity index (χ2v) is 4.79. The molecule has 0 bridgehead atoms. The largest absolute Gasteiger partial charge is 0.316 e. The maximum atomic E-state index is 13.8. The van der Waals surface area contributed by atoms with E-state index in [1.165, 1.54) is 17.8 Å². The molecule has 1 N–H and O–H groups in total. The molecule has 2 aromatic rings. The van der Waals surface area contributed by atoms with E-state index in [0.29, 0.717) is 11.4 Å². The molecule has 17 heavy (non-hydrogen) atoms. The van der Waals surface area contributed by atoms with Crippen molar-refractivity contribution in [1.82, 2.24) is 15.1 Å². The fourth-order valence-electron chi connectivity index (χ4n) is 1.57. The summed E-state index contributed by atoms with van der Waals surface area (Å²) in [7, 11) is 3.70. The van der Waals surface area contributed by atoms with E-state index in [2.05, 4.69) is 10.4 Å². The van der Waals surface area contributed by atoms with Gasteiger partial charge in [-0.3, -0.25) is 4.68 Å². The van der Waals surface area contributed by atoms with Gasteiger partial charge in [0.15, 0.2) is 0 Å². The molecule has 2 rings (SSSR count). The Balaban J connectivity index is 2.30. The molecule has 0 saturated heterocycles. The minimum Gasteiger partial charge on any atom is -0.316 e. The molecular formula is C12H14FN3S. The van der Waals surface area contributed by atoms with Crippen molar-refractivity contribution in [2.24, 2.45) is 7.05 Å². The summed E-state index contributed by atoms with van der Waals surface area (Å²) < 4.78 is 15.5. The van der Waals surface area contributed by atoms with Crippen LogP contribution in [0.4, 0.5) is 4.39 Å². The van der Waals surface area contributed by atoms with Crippen molar-refractivity contribution >= 4 is 11.8 Å². The molecule has 0 atom stereocenters. The van der Waals surface area contributed by atoms with E-state index in [1.807, 2.05) is 26.4 Å². The minimum atomic E-state index is -0.188. The highest BCUT2D eigenvalue weighted by Crippen LogP contribution is 2.32. The summed E-state index contributed by atoms with van der Waals surface area (Å²) in [6.45, 7) is 0.653. The van der Waals surface area contributed by atoms with Gasteiger partial charge in [-0.1, -0.05) is 23.9 Å². The molecule has 0 fully saturated rings. The first-order valence-electron chi connectivity index (χ1n) is 5.29. The molecule has 3 nitrogen and oxygen atoms in total. The molecule has 1 aromatic heterocycles. The number of halogens is 1. The summed E-state index contributed by atoms with van der Waals surface area (Å²) >= 11 is 1.40. The Labute approximate surface area is 104 Å². The van der Waals surface area contributed by atoms with Gasteiger partial charge in [-0.15, -0.1) is 0 Å². The molecule has 0 radical (unpaired) electrons. The van der Waals surface area contributed by atoms with Crippen molar-refractivity contribution in [3.63, 3.8) is 0 Å². The molecule has 1 aromatic carbocycles. The summed E-state index contributed by atoms with van der Waals surface area (Å²) in [5, 5.41) is 7.12. The van der Waals surface area contributed by atoms with Gasteiger partial charge in [-0.2, -0.15) is 5.10 Å². The zero-order chi connectivity index (χ0) is 12.3. The number of rotatable bonds is 4. The van der Waals surface area contributed by atoms with Crippen molar-refractivity contribution in [1.29, 1.82) is 0 Å². The van der Waals surface area contributed by atoms with Crippen LogP contribution in [0.2, 0.25) is 0 Å². The maximum absolute atomic E-state index is 13.8. The summed E-state index contributed by atoms with van der Waals surface area (Å²) in [6, 6.07) is 5.14. The Morgan fingerprint density at radius 3 is 2.94 bits per heavy atom. The van der Waals surface area contributed by atoms with Crippen molar-refractivity contribution in [3.8, 4) is 0 Å². The van der Waals surface area contributed by atoms with E-state index in [0.717, 1.165) is 10.5 Å². The molecule has 5 heteroatoms. The van der Waals surface area contributed by atoms with Crippen LogP contribution in [-0.4, -0.2) is 16.8 Å². The Hall–Kier alpha value is -1.33. The van der Waals surface area contributed by atoms with Crippen LogP contribution in [0.3, 0.4) is 0 Å². The van der Waals surface area contributed by atoms with Crippen LogP contribution in [0.1, 0.15) is 5.56 Å². The zero-order valence-electron chi connectivity index (χ0n) is 9.77. The third-order valence-electron chi connectivity index (χ3n) is 2.32. The highest BCUT2D eigenvalue weighted by atomic mass is 32.2. The van der Waals surface area contributed by atoms with Crippen LogP contribution in [-0.2, 0) is 13.6 Å². The minimum absolute atomic E-state index is 0.188. The highest BCUT2D eigenvalue weighted by molar-refractivity contribution is 7.99. The quantitative estimate of drug-likeness (QED) is 0.905. The first-order chi connectivity index (χ1) is 8.20.